The van der Waals surface area contributed by atoms with Crippen molar-refractivity contribution >= 4 is 35.2 Å². The van der Waals surface area contributed by atoms with E-state index in [1.54, 1.807) is 4.57 Å². The topological polar surface area (TPSA) is 87.5 Å². The molecule has 2 aliphatic heterocycles. The number of hydrogen-bond acceptors (Lipinski definition) is 5. The molecule has 2 atom stereocenters. The first-order valence-electron chi connectivity index (χ1n) is 8.51. The van der Waals surface area contributed by atoms with Gasteiger partial charge >= 0.3 is 5.97 Å². The van der Waals surface area contributed by atoms with Crippen LogP contribution in [0.1, 0.15) is 35.7 Å². The first-order chi connectivity index (χ1) is 12.0. The number of nitrogens with zero attached hydrogens (tertiary/aromatic N) is 3. The highest BCUT2D eigenvalue weighted by Gasteiger charge is 2.39. The van der Waals surface area contributed by atoms with E-state index in [2.05, 4.69) is 10.3 Å². The van der Waals surface area contributed by atoms with E-state index in [-0.39, 0.29) is 41.3 Å². The molecule has 2 aromatic rings. The number of carboxylic acid groups (broad SMARTS) is 1. The third-order valence-electron chi connectivity index (χ3n) is 5.44. The van der Waals surface area contributed by atoms with Crippen LogP contribution >= 0.6 is 12.4 Å². The fraction of sp³-hybridized carbons (Fsp3) is 0.471. The Morgan fingerprint density at radius 1 is 1.35 bits per heavy atom. The van der Waals surface area contributed by atoms with Gasteiger partial charge in [0.2, 0.25) is 5.43 Å². The molecule has 26 heavy (non-hydrogen) atoms. The van der Waals surface area contributed by atoms with Crippen molar-refractivity contribution in [2.45, 2.75) is 37.4 Å². The number of pyridine rings is 2. The van der Waals surface area contributed by atoms with Crippen molar-refractivity contribution in [3.8, 4) is 0 Å². The van der Waals surface area contributed by atoms with Gasteiger partial charge in [0.05, 0.1) is 5.39 Å². The van der Waals surface area contributed by atoms with Crippen LogP contribution in [-0.2, 0) is 0 Å². The zero-order chi connectivity index (χ0) is 17.3. The summed E-state index contributed by atoms with van der Waals surface area (Å²) < 4.78 is 16.5. The maximum atomic E-state index is 14.7. The average Bonchev–Trinajstić information content (AvgIpc) is 3.21. The normalized spacial score (nSPS) is 24.1. The van der Waals surface area contributed by atoms with Crippen LogP contribution < -0.4 is 15.6 Å². The van der Waals surface area contributed by atoms with Gasteiger partial charge in [0.15, 0.2) is 11.6 Å². The van der Waals surface area contributed by atoms with Crippen molar-refractivity contribution in [1.82, 2.24) is 14.9 Å². The lowest BCUT2D eigenvalue weighted by atomic mass is 10.1. The van der Waals surface area contributed by atoms with Crippen LogP contribution in [0.4, 0.5) is 10.2 Å². The second-order valence-corrected chi connectivity index (χ2v) is 7.13. The Labute approximate surface area is 154 Å². The summed E-state index contributed by atoms with van der Waals surface area (Å²) in [6, 6.07) is 1.85. The van der Waals surface area contributed by atoms with Gasteiger partial charge in [0.25, 0.3) is 0 Å². The second-order valence-electron chi connectivity index (χ2n) is 7.13. The Hall–Kier alpha value is -2.19. The van der Waals surface area contributed by atoms with Gasteiger partial charge in [0, 0.05) is 37.4 Å². The third kappa shape index (κ3) is 2.47. The number of piperazine rings is 1. The number of nitrogens with one attached hydrogen (secondary N) is 1. The first-order valence-corrected chi connectivity index (χ1v) is 8.51. The number of fused-ring (bicyclic) bond motifs is 3. The minimum absolute atomic E-state index is 0. The van der Waals surface area contributed by atoms with E-state index in [4.69, 9.17) is 0 Å². The van der Waals surface area contributed by atoms with Gasteiger partial charge in [-0.05, 0) is 25.3 Å². The summed E-state index contributed by atoms with van der Waals surface area (Å²) in [6.07, 6.45) is 4.14. The standard InChI is InChI=1S/C17H17FN4O3.ClH/c18-13-4-11-14(23)12(17(24)25)7-22(9-1-2-9)15(11)20-16(13)21-6-8-3-10(21)5-19-8;/h4,7-10,19H,1-3,5-6H2,(H,24,25);1H/t8-,10?;/m0./s1. The lowest BCUT2D eigenvalue weighted by Gasteiger charge is -2.29. The summed E-state index contributed by atoms with van der Waals surface area (Å²) in [5.74, 6) is -1.60. The van der Waals surface area contributed by atoms with Gasteiger partial charge in [-0.2, -0.15) is 0 Å². The molecule has 0 amide bonds. The number of aromatic nitrogens is 2. The minimum atomic E-state index is -1.30. The van der Waals surface area contributed by atoms with Gasteiger partial charge < -0.3 is 19.9 Å². The second kappa shape index (κ2) is 5.92. The van der Waals surface area contributed by atoms with Gasteiger partial charge in [-0.15, -0.1) is 12.4 Å². The molecule has 2 N–H and O–H groups in total. The summed E-state index contributed by atoms with van der Waals surface area (Å²) in [6.45, 7) is 1.50. The highest BCUT2D eigenvalue weighted by atomic mass is 35.5. The van der Waals surface area contributed by atoms with E-state index >= 15 is 0 Å². The summed E-state index contributed by atoms with van der Waals surface area (Å²) in [5.41, 5.74) is -0.635. The highest BCUT2D eigenvalue weighted by Crippen LogP contribution is 2.38. The monoisotopic (exact) mass is 380 g/mol. The fourth-order valence-electron chi connectivity index (χ4n) is 4.04. The van der Waals surface area contributed by atoms with Crippen molar-refractivity contribution in [2.75, 3.05) is 18.0 Å². The average molecular weight is 381 g/mol. The lowest BCUT2D eigenvalue weighted by molar-refractivity contribution is 0.0695. The molecule has 0 spiro atoms. The molecule has 5 rings (SSSR count). The molecular weight excluding hydrogens is 363 g/mol. The Bertz CT molecular complexity index is 975. The molecule has 3 fully saturated rings. The fourth-order valence-corrected chi connectivity index (χ4v) is 4.04. The smallest absolute Gasteiger partial charge is 0.341 e. The quantitative estimate of drug-likeness (QED) is 0.840. The number of hydrogen-bond donors (Lipinski definition) is 2. The Balaban J connectivity index is 0.00000168. The van der Waals surface area contributed by atoms with E-state index in [1.165, 1.54) is 6.20 Å². The Kier molecular flexibility index (Phi) is 3.92. The van der Waals surface area contributed by atoms with E-state index < -0.39 is 17.2 Å². The van der Waals surface area contributed by atoms with Crippen LogP contribution in [0.2, 0.25) is 0 Å². The van der Waals surface area contributed by atoms with Crippen molar-refractivity contribution in [3.05, 3.63) is 33.9 Å². The molecule has 2 aromatic heterocycles. The molecule has 1 unspecified atom stereocenters. The van der Waals surface area contributed by atoms with Crippen LogP contribution in [0.25, 0.3) is 11.0 Å². The molecule has 1 saturated carbocycles. The van der Waals surface area contributed by atoms with Crippen molar-refractivity contribution in [2.24, 2.45) is 0 Å². The summed E-state index contributed by atoms with van der Waals surface area (Å²) in [4.78, 5) is 30.3. The zero-order valence-corrected chi connectivity index (χ0v) is 14.6. The summed E-state index contributed by atoms with van der Waals surface area (Å²) in [5, 5.41) is 12.7. The van der Waals surface area contributed by atoms with Crippen LogP contribution in [0, 0.1) is 5.82 Å². The molecule has 0 aromatic carbocycles. The van der Waals surface area contributed by atoms with Crippen LogP contribution in [-0.4, -0.2) is 45.8 Å². The summed E-state index contributed by atoms with van der Waals surface area (Å²) >= 11 is 0. The molecule has 138 valence electrons. The largest absolute Gasteiger partial charge is 0.477 e. The van der Waals surface area contributed by atoms with Crippen molar-refractivity contribution in [1.29, 1.82) is 0 Å². The highest BCUT2D eigenvalue weighted by molar-refractivity contribution is 5.92. The number of anilines is 1. The number of aromatic carboxylic acids is 1. The van der Waals surface area contributed by atoms with E-state index in [1.807, 2.05) is 4.90 Å². The zero-order valence-electron chi connectivity index (χ0n) is 13.8. The molecule has 2 saturated heterocycles. The van der Waals surface area contributed by atoms with Crippen LogP contribution in [0.3, 0.4) is 0 Å². The Morgan fingerprint density at radius 2 is 2.12 bits per heavy atom. The number of halogens is 2. The molecule has 4 heterocycles. The molecule has 7 nitrogen and oxygen atoms in total. The number of carbonyl (C=O) groups is 1. The molecule has 2 bridgehead atoms. The van der Waals surface area contributed by atoms with E-state index in [0.29, 0.717) is 18.2 Å². The molecule has 9 heteroatoms. The predicted molar refractivity (Wildman–Crippen MR) is 96.0 cm³/mol. The lowest BCUT2D eigenvalue weighted by Crippen LogP contribution is -2.44. The molecule has 3 aliphatic rings. The van der Waals surface area contributed by atoms with Gasteiger partial charge in [-0.25, -0.2) is 14.2 Å². The number of carboxylic acids is 1. The first kappa shape index (κ1) is 17.2. The van der Waals surface area contributed by atoms with Crippen molar-refractivity contribution in [3.63, 3.8) is 0 Å². The predicted octanol–water partition coefficient (Wildman–Crippen LogP) is 1.54. The van der Waals surface area contributed by atoms with Gasteiger partial charge in [-0.1, -0.05) is 0 Å². The van der Waals surface area contributed by atoms with Gasteiger partial charge in [0.1, 0.15) is 11.2 Å². The third-order valence-corrected chi connectivity index (χ3v) is 5.44. The maximum Gasteiger partial charge on any atom is 0.341 e. The molecule has 0 radical (unpaired) electrons. The van der Waals surface area contributed by atoms with E-state index in [0.717, 1.165) is 31.9 Å². The van der Waals surface area contributed by atoms with Crippen molar-refractivity contribution < 1.29 is 14.3 Å². The van der Waals surface area contributed by atoms with Crippen LogP contribution in [0.15, 0.2) is 17.1 Å². The van der Waals surface area contributed by atoms with Gasteiger partial charge in [-0.3, -0.25) is 4.79 Å². The molecular formula is C17H18ClFN4O3. The molecule has 1 aliphatic carbocycles. The summed E-state index contributed by atoms with van der Waals surface area (Å²) in [7, 11) is 0. The van der Waals surface area contributed by atoms with Crippen LogP contribution in [0.5, 0.6) is 0 Å². The minimum Gasteiger partial charge on any atom is -0.477 e. The number of rotatable bonds is 3. The Morgan fingerprint density at radius 3 is 2.69 bits per heavy atom. The SMILES string of the molecule is Cl.O=C(O)c1cn(C2CC2)c2nc(N3C[C@@H]4CC3CN4)c(F)cc2c1=O. The maximum absolute atomic E-state index is 14.7. The van der Waals surface area contributed by atoms with E-state index in [9.17, 15) is 19.1 Å².